The van der Waals surface area contributed by atoms with Gasteiger partial charge in [0.1, 0.15) is 0 Å². The summed E-state index contributed by atoms with van der Waals surface area (Å²) in [5.41, 5.74) is 3.56. The largest absolute Gasteiger partial charge is 0.352 e. The van der Waals surface area contributed by atoms with E-state index in [0.29, 0.717) is 11.5 Å². The predicted molar refractivity (Wildman–Crippen MR) is 68.5 cm³/mol. The Labute approximate surface area is 102 Å². The number of hydrazine groups is 1. The van der Waals surface area contributed by atoms with Crippen LogP contribution in [0.1, 0.15) is 40.5 Å². The molecule has 0 radical (unpaired) electrons. The molecule has 0 saturated carbocycles. The minimum Gasteiger partial charge on any atom is -0.352 e. The molecule has 16 heavy (non-hydrogen) atoms. The molecule has 0 bridgehead atoms. The maximum absolute atomic E-state index is 11.5. The average Bonchev–Trinajstić information content (AvgIpc) is 2.10. The van der Waals surface area contributed by atoms with Crippen molar-refractivity contribution in [1.29, 1.82) is 0 Å². The summed E-state index contributed by atoms with van der Waals surface area (Å²) in [6.45, 7) is 7.97. The zero-order chi connectivity index (χ0) is 12.3. The summed E-state index contributed by atoms with van der Waals surface area (Å²) in [4.78, 5) is 11.5. The van der Waals surface area contributed by atoms with Gasteiger partial charge in [0.2, 0.25) is 5.91 Å². The van der Waals surface area contributed by atoms with Crippen molar-refractivity contribution < 1.29 is 4.79 Å². The highest BCUT2D eigenvalue weighted by molar-refractivity contribution is 7.80. The Morgan fingerprint density at radius 1 is 1.62 bits per heavy atom. The summed E-state index contributed by atoms with van der Waals surface area (Å²) in [6.07, 6.45) is 3.37. The maximum Gasteiger partial charge on any atom is 0.238 e. The van der Waals surface area contributed by atoms with E-state index in [1.165, 1.54) is 0 Å². The van der Waals surface area contributed by atoms with Crippen LogP contribution in [0.15, 0.2) is 11.8 Å². The van der Waals surface area contributed by atoms with Crippen LogP contribution in [0, 0.1) is 0 Å². The van der Waals surface area contributed by atoms with E-state index in [2.05, 4.69) is 10.7 Å². The monoisotopic (exact) mass is 241 g/mol. The highest BCUT2D eigenvalue weighted by atomic mass is 32.1. The van der Waals surface area contributed by atoms with E-state index in [9.17, 15) is 4.79 Å². The minimum atomic E-state index is -0.160. The molecule has 0 aromatic carbocycles. The van der Waals surface area contributed by atoms with Gasteiger partial charge in [-0.2, -0.15) is 0 Å². The van der Waals surface area contributed by atoms with Gasteiger partial charge in [0.25, 0.3) is 0 Å². The first-order valence-electron chi connectivity index (χ1n) is 5.47. The van der Waals surface area contributed by atoms with Crippen molar-refractivity contribution in [1.82, 2.24) is 15.8 Å². The van der Waals surface area contributed by atoms with Gasteiger partial charge in [-0.1, -0.05) is 6.92 Å². The lowest BCUT2D eigenvalue weighted by molar-refractivity contribution is -0.123. The Bertz CT molecular complexity index is 336. The number of hydrogen-bond donors (Lipinski definition) is 2. The number of thiocarbonyl (C=S) groups is 1. The zero-order valence-electron chi connectivity index (χ0n) is 10.3. The molecule has 5 heteroatoms. The predicted octanol–water partition coefficient (Wildman–Crippen LogP) is 1.69. The molecule has 1 aliphatic heterocycles. The van der Waals surface area contributed by atoms with Gasteiger partial charge in [-0.3, -0.25) is 10.2 Å². The third-order valence-electron chi connectivity index (χ3n) is 2.27. The fraction of sp³-hybridized carbons (Fsp3) is 0.636. The first kappa shape index (κ1) is 13.0. The third-order valence-corrected chi connectivity index (χ3v) is 2.55. The Balaban J connectivity index is 2.74. The number of nitrogens with zero attached hydrogens (tertiary/aromatic N) is 1. The number of amides is 1. The smallest absolute Gasteiger partial charge is 0.238 e. The van der Waals surface area contributed by atoms with Crippen LogP contribution < -0.4 is 10.7 Å². The van der Waals surface area contributed by atoms with Crippen LogP contribution in [0.4, 0.5) is 0 Å². The average molecular weight is 241 g/mol. The molecule has 0 aromatic rings. The topological polar surface area (TPSA) is 44.4 Å². The Kier molecular flexibility index (Phi) is 3.91. The van der Waals surface area contributed by atoms with Gasteiger partial charge in [-0.15, -0.1) is 0 Å². The van der Waals surface area contributed by atoms with Gasteiger partial charge >= 0.3 is 0 Å². The second kappa shape index (κ2) is 4.82. The Morgan fingerprint density at radius 2 is 2.25 bits per heavy atom. The molecule has 0 aromatic heterocycles. The van der Waals surface area contributed by atoms with Crippen molar-refractivity contribution in [2.75, 3.05) is 0 Å². The van der Waals surface area contributed by atoms with Crippen molar-refractivity contribution in [3.05, 3.63) is 11.8 Å². The summed E-state index contributed by atoms with van der Waals surface area (Å²) in [5.74, 6) is -0.0147. The molecular formula is C11H19N3OS. The van der Waals surface area contributed by atoms with Crippen LogP contribution in [0.3, 0.4) is 0 Å². The van der Waals surface area contributed by atoms with Crippen LogP contribution in [-0.4, -0.2) is 21.6 Å². The van der Waals surface area contributed by atoms with Crippen molar-refractivity contribution in [2.24, 2.45) is 0 Å². The van der Waals surface area contributed by atoms with E-state index >= 15 is 0 Å². The molecule has 4 nitrogen and oxygen atoms in total. The summed E-state index contributed by atoms with van der Waals surface area (Å²) in [7, 11) is 0. The molecule has 0 unspecified atom stereocenters. The lowest BCUT2D eigenvalue weighted by atomic mass is 10.0. The lowest BCUT2D eigenvalue weighted by Crippen LogP contribution is -2.58. The van der Waals surface area contributed by atoms with Gasteiger partial charge < -0.3 is 5.32 Å². The van der Waals surface area contributed by atoms with E-state index in [0.717, 1.165) is 12.1 Å². The highest BCUT2D eigenvalue weighted by Crippen LogP contribution is 2.17. The standard InChI is InChI=1S/C11H19N3OS/c1-5-6-9(15)13-14-8(2)7-11(3,4)12-10(14)16/h7H,5-6H2,1-4H3,(H,12,16)(H,13,15). The second-order valence-electron chi connectivity index (χ2n) is 4.56. The molecule has 0 aliphatic carbocycles. The van der Waals surface area contributed by atoms with Crippen LogP contribution in [0.25, 0.3) is 0 Å². The van der Waals surface area contributed by atoms with E-state index < -0.39 is 0 Å². The number of nitrogens with one attached hydrogen (secondary N) is 2. The van der Waals surface area contributed by atoms with Gasteiger partial charge in [0.15, 0.2) is 5.11 Å². The van der Waals surface area contributed by atoms with Crippen molar-refractivity contribution in [3.63, 3.8) is 0 Å². The molecule has 0 spiro atoms. The van der Waals surface area contributed by atoms with E-state index in [-0.39, 0.29) is 11.4 Å². The molecule has 0 fully saturated rings. The fourth-order valence-corrected chi connectivity index (χ4v) is 2.11. The summed E-state index contributed by atoms with van der Waals surface area (Å²) < 4.78 is 0. The van der Waals surface area contributed by atoms with E-state index in [1.54, 1.807) is 5.01 Å². The molecule has 90 valence electrons. The van der Waals surface area contributed by atoms with Gasteiger partial charge in [-0.25, -0.2) is 5.01 Å². The number of carbonyl (C=O) groups excluding carboxylic acids is 1. The zero-order valence-corrected chi connectivity index (χ0v) is 11.1. The van der Waals surface area contributed by atoms with Crippen molar-refractivity contribution >= 4 is 23.2 Å². The fourth-order valence-electron chi connectivity index (χ4n) is 1.66. The normalized spacial score (nSPS) is 18.9. The van der Waals surface area contributed by atoms with Crippen LogP contribution in [0.5, 0.6) is 0 Å². The molecule has 1 heterocycles. The number of carbonyl (C=O) groups is 1. The molecule has 1 aliphatic rings. The van der Waals surface area contributed by atoms with Gasteiger partial charge in [0.05, 0.1) is 5.54 Å². The first-order chi connectivity index (χ1) is 7.35. The quantitative estimate of drug-likeness (QED) is 0.738. The van der Waals surface area contributed by atoms with Crippen molar-refractivity contribution in [3.8, 4) is 0 Å². The first-order valence-corrected chi connectivity index (χ1v) is 5.88. The molecule has 0 saturated heterocycles. The van der Waals surface area contributed by atoms with Crippen LogP contribution in [-0.2, 0) is 4.79 Å². The maximum atomic E-state index is 11.5. The molecule has 0 atom stereocenters. The second-order valence-corrected chi connectivity index (χ2v) is 4.94. The summed E-state index contributed by atoms with van der Waals surface area (Å²) in [6, 6.07) is 0. The minimum absolute atomic E-state index is 0.0147. The molecule has 1 amide bonds. The van der Waals surface area contributed by atoms with Gasteiger partial charge in [0, 0.05) is 12.1 Å². The van der Waals surface area contributed by atoms with Crippen LogP contribution >= 0.6 is 12.2 Å². The van der Waals surface area contributed by atoms with Gasteiger partial charge in [-0.05, 0) is 45.5 Å². The Hall–Kier alpha value is -1.10. The number of hydrogen-bond acceptors (Lipinski definition) is 2. The molecule has 2 N–H and O–H groups in total. The molecule has 1 rings (SSSR count). The van der Waals surface area contributed by atoms with Crippen LogP contribution in [0.2, 0.25) is 0 Å². The SMILES string of the molecule is CCCC(=O)NN1C(=S)NC(C)(C)C=C1C. The number of rotatable bonds is 3. The summed E-state index contributed by atoms with van der Waals surface area (Å²) >= 11 is 5.21. The summed E-state index contributed by atoms with van der Waals surface area (Å²) in [5, 5.41) is 5.31. The highest BCUT2D eigenvalue weighted by Gasteiger charge is 2.27. The van der Waals surface area contributed by atoms with E-state index in [4.69, 9.17) is 12.2 Å². The Morgan fingerprint density at radius 3 is 2.75 bits per heavy atom. The third kappa shape index (κ3) is 3.20. The lowest BCUT2D eigenvalue weighted by Gasteiger charge is -2.37. The number of allylic oxidation sites excluding steroid dienone is 1. The molecular weight excluding hydrogens is 222 g/mol. The van der Waals surface area contributed by atoms with E-state index in [1.807, 2.05) is 33.8 Å². The van der Waals surface area contributed by atoms with Crippen molar-refractivity contribution in [2.45, 2.75) is 46.1 Å².